The summed E-state index contributed by atoms with van der Waals surface area (Å²) in [5, 5.41) is 6.20. The molecule has 1 aromatic heterocycles. The first-order chi connectivity index (χ1) is 19.5. The Morgan fingerprint density at radius 2 is 1.41 bits per heavy atom. The molecule has 0 aliphatic carbocycles. The Morgan fingerprint density at radius 1 is 0.805 bits per heavy atom. The molecule has 2 aromatic carbocycles. The summed E-state index contributed by atoms with van der Waals surface area (Å²) >= 11 is 0. The molecule has 0 bridgehead atoms. The number of nitrogens with one attached hydrogen (secondary N) is 2. The van der Waals surface area contributed by atoms with Gasteiger partial charge in [-0.1, -0.05) is 74.5 Å². The molecule has 6 heteroatoms. The van der Waals surface area contributed by atoms with Crippen molar-refractivity contribution in [3.05, 3.63) is 101 Å². The monoisotopic (exact) mass is 556 g/mol. The zero-order chi connectivity index (χ0) is 29.8. The Morgan fingerprint density at radius 3 is 2.00 bits per heavy atom. The smallest absolute Gasteiger partial charge is 0.243 e. The molecule has 0 saturated carbocycles. The van der Waals surface area contributed by atoms with Crippen LogP contribution in [0.25, 0.3) is 0 Å². The SMILES string of the molecule is CC(C)CCN(C)C(Cc1cccnc1)C(=O)NC(Cc1ccc(CCc2ccccc2)cc1)C(=O)NC(C)(C)C. The minimum absolute atomic E-state index is 0.145. The van der Waals surface area contributed by atoms with E-state index in [2.05, 4.69) is 82.9 Å². The number of amides is 2. The number of nitrogens with zero attached hydrogens (tertiary/aromatic N) is 2. The molecule has 2 amide bonds. The van der Waals surface area contributed by atoms with Crippen molar-refractivity contribution in [1.29, 1.82) is 0 Å². The Hall–Kier alpha value is -3.51. The molecule has 2 atom stereocenters. The van der Waals surface area contributed by atoms with E-state index in [9.17, 15) is 9.59 Å². The Balaban J connectivity index is 1.75. The minimum atomic E-state index is -0.688. The van der Waals surface area contributed by atoms with Crippen LogP contribution in [0.4, 0.5) is 0 Å². The van der Waals surface area contributed by atoms with Gasteiger partial charge in [0.15, 0.2) is 0 Å². The van der Waals surface area contributed by atoms with Crippen LogP contribution in [0.5, 0.6) is 0 Å². The largest absolute Gasteiger partial charge is 0.350 e. The molecular formula is C35H48N4O2. The Bertz CT molecular complexity index is 1200. The van der Waals surface area contributed by atoms with E-state index in [0.29, 0.717) is 18.8 Å². The van der Waals surface area contributed by atoms with Crippen LogP contribution in [0.15, 0.2) is 79.1 Å². The number of aryl methyl sites for hydroxylation is 2. The van der Waals surface area contributed by atoms with Crippen molar-refractivity contribution >= 4 is 11.8 Å². The molecule has 6 nitrogen and oxygen atoms in total. The lowest BCUT2D eigenvalue weighted by atomic mass is 9.98. The highest BCUT2D eigenvalue weighted by molar-refractivity contribution is 5.90. The molecule has 0 aliphatic heterocycles. The predicted octanol–water partition coefficient (Wildman–Crippen LogP) is 5.40. The number of rotatable bonds is 14. The Labute approximate surface area is 247 Å². The van der Waals surface area contributed by atoms with Gasteiger partial charge < -0.3 is 10.6 Å². The van der Waals surface area contributed by atoms with Crippen LogP contribution in [0.3, 0.4) is 0 Å². The van der Waals surface area contributed by atoms with E-state index in [-0.39, 0.29) is 11.8 Å². The number of aromatic nitrogens is 1. The molecule has 3 aromatic rings. The molecule has 3 rings (SSSR count). The molecule has 0 fully saturated rings. The lowest BCUT2D eigenvalue weighted by molar-refractivity contribution is -0.132. The number of pyridine rings is 1. The van der Waals surface area contributed by atoms with Crippen LogP contribution in [-0.4, -0.2) is 52.9 Å². The third kappa shape index (κ3) is 11.5. The van der Waals surface area contributed by atoms with Gasteiger partial charge in [-0.25, -0.2) is 0 Å². The Kier molecular flexibility index (Phi) is 12.1. The summed E-state index contributed by atoms with van der Waals surface area (Å²) < 4.78 is 0. The van der Waals surface area contributed by atoms with E-state index in [1.807, 2.05) is 46.0 Å². The molecule has 1 heterocycles. The van der Waals surface area contributed by atoms with Crippen molar-refractivity contribution in [1.82, 2.24) is 20.5 Å². The minimum Gasteiger partial charge on any atom is -0.350 e. The van der Waals surface area contributed by atoms with Crippen LogP contribution < -0.4 is 10.6 Å². The summed E-state index contributed by atoms with van der Waals surface area (Å²) in [6.45, 7) is 11.0. The molecule has 0 saturated heterocycles. The standard InChI is InChI=1S/C35H48N4O2/c1-26(2)20-22-39(6)32(24-30-13-10-21-36-25-30)34(41)37-31(33(40)38-35(3,4)5)23-29-18-16-28(17-19-29)15-14-27-11-8-7-9-12-27/h7-13,16-19,21,25-26,31-32H,14-15,20,22-24H2,1-6H3,(H,37,41)(H,38,40). The van der Waals surface area contributed by atoms with E-state index in [1.165, 1.54) is 11.1 Å². The average molecular weight is 557 g/mol. The first kappa shape index (κ1) is 32.0. The number of benzene rings is 2. The van der Waals surface area contributed by atoms with Crippen molar-refractivity contribution in [3.63, 3.8) is 0 Å². The van der Waals surface area contributed by atoms with Gasteiger partial charge in [-0.3, -0.25) is 19.5 Å². The van der Waals surface area contributed by atoms with Gasteiger partial charge in [-0.15, -0.1) is 0 Å². The molecule has 41 heavy (non-hydrogen) atoms. The molecule has 0 radical (unpaired) electrons. The van der Waals surface area contributed by atoms with E-state index >= 15 is 0 Å². The summed E-state index contributed by atoms with van der Waals surface area (Å²) in [5.74, 6) is 0.207. The highest BCUT2D eigenvalue weighted by Crippen LogP contribution is 2.14. The summed E-state index contributed by atoms with van der Waals surface area (Å²) in [7, 11) is 1.99. The predicted molar refractivity (Wildman–Crippen MR) is 168 cm³/mol. The maximum atomic E-state index is 13.8. The van der Waals surface area contributed by atoms with Crippen LogP contribution in [-0.2, 0) is 35.3 Å². The maximum absolute atomic E-state index is 13.8. The van der Waals surface area contributed by atoms with Crippen molar-refractivity contribution in [3.8, 4) is 0 Å². The van der Waals surface area contributed by atoms with Crippen molar-refractivity contribution in [2.75, 3.05) is 13.6 Å². The van der Waals surface area contributed by atoms with E-state index < -0.39 is 17.6 Å². The van der Waals surface area contributed by atoms with E-state index in [4.69, 9.17) is 0 Å². The lowest BCUT2D eigenvalue weighted by Gasteiger charge is -2.31. The quantitative estimate of drug-likeness (QED) is 0.279. The van der Waals surface area contributed by atoms with E-state index in [1.54, 1.807) is 12.4 Å². The van der Waals surface area contributed by atoms with Gasteiger partial charge in [0, 0.05) is 24.4 Å². The number of carbonyl (C=O) groups is 2. The van der Waals surface area contributed by atoms with Gasteiger partial charge in [0.05, 0.1) is 6.04 Å². The second-order valence-electron chi connectivity index (χ2n) is 12.6. The molecule has 2 unspecified atom stereocenters. The average Bonchev–Trinajstić information content (AvgIpc) is 2.94. The highest BCUT2D eigenvalue weighted by Gasteiger charge is 2.30. The molecule has 2 N–H and O–H groups in total. The highest BCUT2D eigenvalue weighted by atomic mass is 16.2. The number of hydrogen-bond acceptors (Lipinski definition) is 4. The van der Waals surface area contributed by atoms with E-state index in [0.717, 1.165) is 36.9 Å². The first-order valence-corrected chi connectivity index (χ1v) is 14.8. The van der Waals surface area contributed by atoms with Gasteiger partial charge in [-0.2, -0.15) is 0 Å². The van der Waals surface area contributed by atoms with Gasteiger partial charge >= 0.3 is 0 Å². The fraction of sp³-hybridized carbons (Fsp3) is 0.457. The van der Waals surface area contributed by atoms with Crippen LogP contribution in [0.1, 0.15) is 63.3 Å². The van der Waals surface area contributed by atoms with Crippen molar-refractivity contribution in [2.45, 2.75) is 84.3 Å². The normalized spacial score (nSPS) is 13.2. The second kappa shape index (κ2) is 15.5. The second-order valence-corrected chi connectivity index (χ2v) is 12.6. The van der Waals surface area contributed by atoms with Gasteiger partial charge in [-0.05, 0) is 94.3 Å². The summed E-state index contributed by atoms with van der Waals surface area (Å²) in [6.07, 6.45) is 7.40. The number of likely N-dealkylation sites (N-methyl/N-ethyl adjacent to an activating group) is 1. The first-order valence-electron chi connectivity index (χ1n) is 14.8. The summed E-state index contributed by atoms with van der Waals surface area (Å²) in [6, 6.07) is 21.7. The topological polar surface area (TPSA) is 74.3 Å². The molecular weight excluding hydrogens is 508 g/mol. The van der Waals surface area contributed by atoms with Crippen molar-refractivity contribution < 1.29 is 9.59 Å². The summed E-state index contributed by atoms with van der Waals surface area (Å²) in [4.78, 5) is 33.6. The zero-order valence-electron chi connectivity index (χ0n) is 25.7. The van der Waals surface area contributed by atoms with Crippen molar-refractivity contribution in [2.24, 2.45) is 5.92 Å². The van der Waals surface area contributed by atoms with Gasteiger partial charge in [0.2, 0.25) is 11.8 Å². The number of carbonyl (C=O) groups excluding carboxylic acids is 2. The van der Waals surface area contributed by atoms with Gasteiger partial charge in [0.25, 0.3) is 0 Å². The van der Waals surface area contributed by atoms with Gasteiger partial charge in [0.1, 0.15) is 6.04 Å². The van der Waals surface area contributed by atoms with Crippen LogP contribution in [0.2, 0.25) is 0 Å². The fourth-order valence-electron chi connectivity index (χ4n) is 4.75. The number of hydrogen-bond donors (Lipinski definition) is 2. The molecule has 0 spiro atoms. The maximum Gasteiger partial charge on any atom is 0.243 e. The summed E-state index contributed by atoms with van der Waals surface area (Å²) in [5.41, 5.74) is 4.16. The molecule has 0 aliphatic rings. The zero-order valence-corrected chi connectivity index (χ0v) is 25.7. The fourth-order valence-corrected chi connectivity index (χ4v) is 4.75. The van der Waals surface area contributed by atoms with Crippen LogP contribution >= 0.6 is 0 Å². The molecule has 220 valence electrons. The third-order valence-corrected chi connectivity index (χ3v) is 7.18. The third-order valence-electron chi connectivity index (χ3n) is 7.18. The van der Waals surface area contributed by atoms with Crippen LogP contribution in [0, 0.1) is 5.92 Å². The lowest BCUT2D eigenvalue weighted by Crippen LogP contribution is -2.57.